The quantitative estimate of drug-likeness (QED) is 0.528. The van der Waals surface area contributed by atoms with Gasteiger partial charge in [0.05, 0.1) is 18.3 Å². The van der Waals surface area contributed by atoms with Gasteiger partial charge >= 0.3 is 0 Å². The van der Waals surface area contributed by atoms with Gasteiger partial charge in [-0.15, -0.1) is 0 Å². The summed E-state index contributed by atoms with van der Waals surface area (Å²) in [7, 11) is 0. The Morgan fingerprint density at radius 2 is 1.62 bits per heavy atom. The minimum Gasteiger partial charge on any atom is -0.260 e. The third kappa shape index (κ3) is 3.06. The SMILES string of the molecule is Fc1cccc(Cn2ncc3cc(Cc4ccccc4)ccc32)c1. The van der Waals surface area contributed by atoms with Crippen LogP contribution < -0.4 is 0 Å². The maximum absolute atomic E-state index is 13.3. The first-order valence-electron chi connectivity index (χ1n) is 8.01. The van der Waals surface area contributed by atoms with Crippen molar-refractivity contribution in [2.75, 3.05) is 0 Å². The molecule has 0 aliphatic heterocycles. The van der Waals surface area contributed by atoms with Crippen LogP contribution >= 0.6 is 0 Å². The second-order valence-corrected chi connectivity index (χ2v) is 5.99. The molecule has 0 saturated carbocycles. The van der Waals surface area contributed by atoms with E-state index in [0.29, 0.717) is 6.54 Å². The van der Waals surface area contributed by atoms with Gasteiger partial charge in [-0.3, -0.25) is 4.68 Å². The molecule has 4 aromatic rings. The molecule has 0 bridgehead atoms. The van der Waals surface area contributed by atoms with E-state index in [0.717, 1.165) is 22.9 Å². The predicted octanol–water partition coefficient (Wildman–Crippen LogP) is 4.81. The molecule has 0 amide bonds. The molecule has 0 radical (unpaired) electrons. The Bertz CT molecular complexity index is 973. The normalized spacial score (nSPS) is 11.0. The van der Waals surface area contributed by atoms with Crippen molar-refractivity contribution in [2.24, 2.45) is 0 Å². The van der Waals surface area contributed by atoms with Crippen LogP contribution in [-0.4, -0.2) is 9.78 Å². The van der Waals surface area contributed by atoms with Crippen molar-refractivity contribution in [2.45, 2.75) is 13.0 Å². The lowest BCUT2D eigenvalue weighted by atomic mass is 10.0. The Balaban J connectivity index is 1.61. The zero-order chi connectivity index (χ0) is 16.4. The summed E-state index contributed by atoms with van der Waals surface area (Å²) in [6.07, 6.45) is 2.79. The zero-order valence-electron chi connectivity index (χ0n) is 13.2. The third-order valence-electron chi connectivity index (χ3n) is 4.18. The summed E-state index contributed by atoms with van der Waals surface area (Å²) in [5.41, 5.74) is 4.53. The second-order valence-electron chi connectivity index (χ2n) is 5.99. The van der Waals surface area contributed by atoms with E-state index in [1.807, 2.05) is 23.0 Å². The molecular weight excluding hydrogens is 299 g/mol. The molecule has 0 saturated heterocycles. The van der Waals surface area contributed by atoms with E-state index in [4.69, 9.17) is 0 Å². The van der Waals surface area contributed by atoms with Gasteiger partial charge in [0.25, 0.3) is 0 Å². The van der Waals surface area contributed by atoms with Crippen molar-refractivity contribution in [3.63, 3.8) is 0 Å². The lowest BCUT2D eigenvalue weighted by molar-refractivity contribution is 0.621. The smallest absolute Gasteiger partial charge is 0.123 e. The molecule has 0 spiro atoms. The van der Waals surface area contributed by atoms with Crippen LogP contribution in [0, 0.1) is 5.82 Å². The zero-order valence-corrected chi connectivity index (χ0v) is 13.2. The number of nitrogens with zero attached hydrogens (tertiary/aromatic N) is 2. The van der Waals surface area contributed by atoms with E-state index in [1.54, 1.807) is 12.1 Å². The monoisotopic (exact) mass is 316 g/mol. The van der Waals surface area contributed by atoms with E-state index < -0.39 is 0 Å². The Morgan fingerprint density at radius 1 is 0.792 bits per heavy atom. The van der Waals surface area contributed by atoms with Gasteiger partial charge in [0.15, 0.2) is 0 Å². The highest BCUT2D eigenvalue weighted by Gasteiger charge is 2.06. The summed E-state index contributed by atoms with van der Waals surface area (Å²) in [6.45, 7) is 0.569. The molecule has 1 heterocycles. The van der Waals surface area contributed by atoms with Gasteiger partial charge in [-0.1, -0.05) is 48.5 Å². The second kappa shape index (κ2) is 6.28. The van der Waals surface area contributed by atoms with Crippen LogP contribution in [0.5, 0.6) is 0 Å². The Kier molecular flexibility index (Phi) is 3.83. The van der Waals surface area contributed by atoms with Gasteiger partial charge in [0, 0.05) is 5.39 Å². The standard InChI is InChI=1S/C21H17FN2/c22-20-8-4-7-18(13-20)15-24-21-10-9-17(12-19(21)14-23-24)11-16-5-2-1-3-6-16/h1-10,12-14H,11,15H2. The molecule has 0 unspecified atom stereocenters. The topological polar surface area (TPSA) is 17.8 Å². The molecule has 4 rings (SSSR count). The van der Waals surface area contributed by atoms with E-state index >= 15 is 0 Å². The fourth-order valence-corrected chi connectivity index (χ4v) is 3.01. The number of rotatable bonds is 4. The molecular formula is C21H17FN2. The van der Waals surface area contributed by atoms with Crippen molar-refractivity contribution >= 4 is 10.9 Å². The summed E-state index contributed by atoms with van der Waals surface area (Å²) >= 11 is 0. The summed E-state index contributed by atoms with van der Waals surface area (Å²) in [5, 5.41) is 5.57. The van der Waals surface area contributed by atoms with Gasteiger partial charge in [-0.25, -0.2) is 4.39 Å². The fraction of sp³-hybridized carbons (Fsp3) is 0.0952. The average molecular weight is 316 g/mol. The van der Waals surface area contributed by atoms with Gasteiger partial charge in [0.2, 0.25) is 0 Å². The predicted molar refractivity (Wildman–Crippen MR) is 94.5 cm³/mol. The molecule has 3 aromatic carbocycles. The van der Waals surface area contributed by atoms with Crippen LogP contribution in [0.3, 0.4) is 0 Å². The maximum atomic E-state index is 13.3. The van der Waals surface area contributed by atoms with Crippen molar-refractivity contribution in [3.05, 3.63) is 102 Å². The van der Waals surface area contributed by atoms with Crippen molar-refractivity contribution < 1.29 is 4.39 Å². The summed E-state index contributed by atoms with van der Waals surface area (Å²) in [5.74, 6) is -0.214. The minimum absolute atomic E-state index is 0.214. The molecule has 0 atom stereocenters. The van der Waals surface area contributed by atoms with E-state index in [-0.39, 0.29) is 5.82 Å². The number of halogens is 1. The van der Waals surface area contributed by atoms with E-state index in [1.165, 1.54) is 17.2 Å². The Labute approximate surface area is 140 Å². The first-order chi connectivity index (χ1) is 11.8. The minimum atomic E-state index is -0.214. The maximum Gasteiger partial charge on any atom is 0.123 e. The average Bonchev–Trinajstić information content (AvgIpc) is 2.98. The van der Waals surface area contributed by atoms with Gasteiger partial charge in [0.1, 0.15) is 5.82 Å². The van der Waals surface area contributed by atoms with Crippen LogP contribution in [-0.2, 0) is 13.0 Å². The molecule has 0 aliphatic carbocycles. The van der Waals surface area contributed by atoms with Crippen LogP contribution in [0.15, 0.2) is 79.0 Å². The molecule has 2 nitrogen and oxygen atoms in total. The number of aromatic nitrogens is 2. The molecule has 0 N–H and O–H groups in total. The van der Waals surface area contributed by atoms with Gasteiger partial charge in [-0.2, -0.15) is 5.10 Å². The van der Waals surface area contributed by atoms with Crippen molar-refractivity contribution in [1.29, 1.82) is 0 Å². The molecule has 1 aromatic heterocycles. The lowest BCUT2D eigenvalue weighted by Gasteiger charge is -2.06. The fourth-order valence-electron chi connectivity index (χ4n) is 3.01. The summed E-state index contributed by atoms with van der Waals surface area (Å²) < 4.78 is 15.3. The number of fused-ring (bicyclic) bond motifs is 1. The highest BCUT2D eigenvalue weighted by Crippen LogP contribution is 2.19. The first-order valence-corrected chi connectivity index (χ1v) is 8.01. The lowest BCUT2D eigenvalue weighted by Crippen LogP contribution is -2.01. The van der Waals surface area contributed by atoms with Crippen LogP contribution in [0.25, 0.3) is 10.9 Å². The van der Waals surface area contributed by atoms with E-state index in [9.17, 15) is 4.39 Å². The summed E-state index contributed by atoms with van der Waals surface area (Å²) in [6, 6.07) is 23.5. The number of hydrogen-bond donors (Lipinski definition) is 0. The van der Waals surface area contributed by atoms with Gasteiger partial charge in [-0.05, 0) is 47.4 Å². The largest absolute Gasteiger partial charge is 0.260 e. The van der Waals surface area contributed by atoms with Crippen LogP contribution in [0.1, 0.15) is 16.7 Å². The molecule has 24 heavy (non-hydrogen) atoms. The van der Waals surface area contributed by atoms with E-state index in [2.05, 4.69) is 47.6 Å². The highest BCUT2D eigenvalue weighted by atomic mass is 19.1. The number of benzene rings is 3. The Morgan fingerprint density at radius 3 is 2.46 bits per heavy atom. The highest BCUT2D eigenvalue weighted by molar-refractivity contribution is 5.79. The van der Waals surface area contributed by atoms with Gasteiger partial charge < -0.3 is 0 Å². The van der Waals surface area contributed by atoms with Crippen molar-refractivity contribution in [3.8, 4) is 0 Å². The van der Waals surface area contributed by atoms with Crippen LogP contribution in [0.4, 0.5) is 4.39 Å². The molecule has 3 heteroatoms. The third-order valence-corrected chi connectivity index (χ3v) is 4.18. The van der Waals surface area contributed by atoms with Crippen molar-refractivity contribution in [1.82, 2.24) is 9.78 Å². The molecule has 0 fully saturated rings. The molecule has 118 valence electrons. The number of hydrogen-bond acceptors (Lipinski definition) is 1. The Hall–Kier alpha value is -2.94. The first kappa shape index (κ1) is 14.6. The van der Waals surface area contributed by atoms with Crippen LogP contribution in [0.2, 0.25) is 0 Å². The summed E-state index contributed by atoms with van der Waals surface area (Å²) in [4.78, 5) is 0. The molecule has 0 aliphatic rings.